The molecule has 0 aromatic carbocycles. The summed E-state index contributed by atoms with van der Waals surface area (Å²) in [5.74, 6) is -3.73. The Labute approximate surface area is 83.2 Å². The molecular formula is C7H8ClF3O3. The summed E-state index contributed by atoms with van der Waals surface area (Å²) in [5.41, 5.74) is 0. The number of ketones is 1. The largest absolute Gasteiger partial charge is 0.464 e. The number of esters is 1. The van der Waals surface area contributed by atoms with Crippen LogP contribution in [-0.4, -0.2) is 29.4 Å². The lowest BCUT2D eigenvalue weighted by Crippen LogP contribution is -2.47. The Kier molecular flexibility index (Phi) is 3.93. The lowest BCUT2D eigenvalue weighted by atomic mass is 10.1. The minimum atomic E-state index is -5.15. The van der Waals surface area contributed by atoms with E-state index in [0.717, 1.165) is 0 Å². The molecule has 0 rings (SSSR count). The van der Waals surface area contributed by atoms with Crippen molar-refractivity contribution in [1.29, 1.82) is 0 Å². The van der Waals surface area contributed by atoms with Gasteiger partial charge in [-0.1, -0.05) is 11.6 Å². The minimum absolute atomic E-state index is 0.147. The summed E-state index contributed by atoms with van der Waals surface area (Å²) in [7, 11) is 0. The number of halogens is 4. The molecule has 0 radical (unpaired) electrons. The standard InChI is InChI=1S/C7H8ClF3O3/c1-3-14-5(13)6(2,8)4(12)7(9,10)11/h3H2,1-2H3. The molecule has 0 amide bonds. The predicted molar refractivity (Wildman–Crippen MR) is 42.0 cm³/mol. The predicted octanol–water partition coefficient (Wildman–Crippen LogP) is 1.68. The second-order valence-electron chi connectivity index (χ2n) is 2.55. The Morgan fingerprint density at radius 1 is 1.36 bits per heavy atom. The number of alkyl halides is 4. The SMILES string of the molecule is CCOC(=O)C(C)(Cl)C(=O)C(F)(F)F. The Bertz CT molecular complexity index is 247. The number of carbonyl (C=O) groups is 2. The molecule has 0 heterocycles. The monoisotopic (exact) mass is 232 g/mol. The molecule has 0 saturated carbocycles. The van der Waals surface area contributed by atoms with Crippen molar-refractivity contribution in [1.82, 2.24) is 0 Å². The highest BCUT2D eigenvalue weighted by Gasteiger charge is 2.54. The molecule has 7 heteroatoms. The van der Waals surface area contributed by atoms with Gasteiger partial charge < -0.3 is 4.74 Å². The number of rotatable bonds is 3. The van der Waals surface area contributed by atoms with Crippen molar-refractivity contribution in [2.24, 2.45) is 0 Å². The smallest absolute Gasteiger partial charge is 0.452 e. The van der Waals surface area contributed by atoms with Crippen molar-refractivity contribution in [3.63, 3.8) is 0 Å². The van der Waals surface area contributed by atoms with Crippen molar-refractivity contribution in [3.05, 3.63) is 0 Å². The molecule has 0 N–H and O–H groups in total. The first-order valence-corrected chi connectivity index (χ1v) is 3.99. The molecule has 0 fully saturated rings. The maximum atomic E-state index is 11.9. The van der Waals surface area contributed by atoms with Crippen LogP contribution in [0.5, 0.6) is 0 Å². The van der Waals surface area contributed by atoms with E-state index < -0.39 is 22.8 Å². The molecule has 1 unspecified atom stereocenters. The van der Waals surface area contributed by atoms with Gasteiger partial charge in [0.1, 0.15) is 0 Å². The van der Waals surface area contributed by atoms with Crippen molar-refractivity contribution in [2.75, 3.05) is 6.61 Å². The molecule has 0 spiro atoms. The van der Waals surface area contributed by atoms with Crippen LogP contribution < -0.4 is 0 Å². The molecular weight excluding hydrogens is 225 g/mol. The highest BCUT2D eigenvalue weighted by Crippen LogP contribution is 2.29. The van der Waals surface area contributed by atoms with E-state index in [-0.39, 0.29) is 6.61 Å². The van der Waals surface area contributed by atoms with Gasteiger partial charge in [-0.25, -0.2) is 4.79 Å². The quantitative estimate of drug-likeness (QED) is 0.422. The van der Waals surface area contributed by atoms with Crippen LogP contribution in [0.15, 0.2) is 0 Å². The zero-order valence-corrected chi connectivity index (χ0v) is 8.20. The van der Waals surface area contributed by atoms with Crippen LogP contribution in [0.25, 0.3) is 0 Å². The van der Waals surface area contributed by atoms with E-state index in [0.29, 0.717) is 6.92 Å². The van der Waals surface area contributed by atoms with Gasteiger partial charge in [-0.3, -0.25) is 4.79 Å². The van der Waals surface area contributed by atoms with Gasteiger partial charge in [0.15, 0.2) is 0 Å². The number of ether oxygens (including phenoxy) is 1. The van der Waals surface area contributed by atoms with E-state index in [2.05, 4.69) is 4.74 Å². The van der Waals surface area contributed by atoms with Crippen LogP contribution in [0.3, 0.4) is 0 Å². The molecule has 0 aromatic rings. The zero-order valence-electron chi connectivity index (χ0n) is 7.44. The lowest BCUT2D eigenvalue weighted by molar-refractivity contribution is -0.178. The van der Waals surface area contributed by atoms with Crippen molar-refractivity contribution in [2.45, 2.75) is 24.9 Å². The van der Waals surface area contributed by atoms with Crippen molar-refractivity contribution < 1.29 is 27.5 Å². The van der Waals surface area contributed by atoms with E-state index in [9.17, 15) is 22.8 Å². The van der Waals surface area contributed by atoms with E-state index in [1.807, 2.05) is 0 Å². The van der Waals surface area contributed by atoms with Crippen molar-refractivity contribution >= 4 is 23.4 Å². The Balaban J connectivity index is 4.79. The van der Waals surface area contributed by atoms with Crippen LogP contribution in [-0.2, 0) is 14.3 Å². The molecule has 0 aliphatic rings. The minimum Gasteiger partial charge on any atom is -0.464 e. The third-order valence-corrected chi connectivity index (χ3v) is 1.67. The molecule has 0 aliphatic carbocycles. The second kappa shape index (κ2) is 4.16. The van der Waals surface area contributed by atoms with E-state index in [4.69, 9.17) is 11.6 Å². The molecule has 82 valence electrons. The van der Waals surface area contributed by atoms with Gasteiger partial charge in [0.05, 0.1) is 6.61 Å². The molecule has 0 aromatic heterocycles. The first-order valence-electron chi connectivity index (χ1n) is 3.61. The van der Waals surface area contributed by atoms with Crippen LogP contribution in [0.1, 0.15) is 13.8 Å². The summed E-state index contributed by atoms with van der Waals surface area (Å²) in [4.78, 5) is 18.8. The van der Waals surface area contributed by atoms with E-state index in [1.165, 1.54) is 6.92 Å². The van der Waals surface area contributed by atoms with Gasteiger partial charge in [-0.05, 0) is 13.8 Å². The maximum absolute atomic E-state index is 11.9. The van der Waals surface area contributed by atoms with Crippen LogP contribution >= 0.6 is 11.6 Å². The molecule has 3 nitrogen and oxygen atoms in total. The topological polar surface area (TPSA) is 43.4 Å². The normalized spacial score (nSPS) is 15.9. The third kappa shape index (κ3) is 2.87. The first kappa shape index (κ1) is 13.2. The number of carbonyl (C=O) groups excluding carboxylic acids is 2. The zero-order chi connectivity index (χ0) is 11.6. The summed E-state index contributed by atoms with van der Waals surface area (Å²) >= 11 is 5.16. The Hall–Kier alpha value is -0.780. The van der Waals surface area contributed by atoms with Gasteiger partial charge in [-0.15, -0.1) is 0 Å². The van der Waals surface area contributed by atoms with Gasteiger partial charge >= 0.3 is 12.1 Å². The highest BCUT2D eigenvalue weighted by atomic mass is 35.5. The van der Waals surface area contributed by atoms with Crippen LogP contribution in [0, 0.1) is 0 Å². The molecule has 1 atom stereocenters. The maximum Gasteiger partial charge on any atom is 0.452 e. The fourth-order valence-electron chi connectivity index (χ4n) is 0.625. The van der Waals surface area contributed by atoms with Gasteiger partial charge in [0.25, 0.3) is 5.78 Å². The van der Waals surface area contributed by atoms with Crippen LogP contribution in [0.2, 0.25) is 0 Å². The van der Waals surface area contributed by atoms with Gasteiger partial charge in [0, 0.05) is 0 Å². The highest BCUT2D eigenvalue weighted by molar-refractivity contribution is 6.46. The summed E-state index contributed by atoms with van der Waals surface area (Å²) in [6, 6.07) is 0. The fourth-order valence-corrected chi connectivity index (χ4v) is 0.787. The number of Topliss-reactive ketones (excluding diaryl/α,β-unsaturated/α-hetero) is 1. The molecule has 0 bridgehead atoms. The molecule has 0 aliphatic heterocycles. The van der Waals surface area contributed by atoms with E-state index >= 15 is 0 Å². The van der Waals surface area contributed by atoms with Gasteiger partial charge in [-0.2, -0.15) is 13.2 Å². The molecule has 14 heavy (non-hydrogen) atoms. The summed E-state index contributed by atoms with van der Waals surface area (Å²) in [6.45, 7) is 1.90. The second-order valence-corrected chi connectivity index (χ2v) is 3.31. The van der Waals surface area contributed by atoms with Gasteiger partial charge in [0.2, 0.25) is 4.87 Å². The summed E-state index contributed by atoms with van der Waals surface area (Å²) in [6.07, 6.45) is -5.15. The molecule has 0 saturated heterocycles. The van der Waals surface area contributed by atoms with Crippen molar-refractivity contribution in [3.8, 4) is 0 Å². The average molecular weight is 233 g/mol. The summed E-state index contributed by atoms with van der Waals surface area (Å²) < 4.78 is 39.9. The number of hydrogen-bond donors (Lipinski definition) is 0. The fraction of sp³-hybridized carbons (Fsp3) is 0.714. The Morgan fingerprint density at radius 2 is 1.79 bits per heavy atom. The first-order chi connectivity index (χ1) is 6.14. The van der Waals surface area contributed by atoms with E-state index in [1.54, 1.807) is 0 Å². The third-order valence-electron chi connectivity index (χ3n) is 1.34. The number of hydrogen-bond acceptors (Lipinski definition) is 3. The average Bonchev–Trinajstić information content (AvgIpc) is 2.01. The summed E-state index contributed by atoms with van der Waals surface area (Å²) in [5, 5.41) is 0. The van der Waals surface area contributed by atoms with Crippen LogP contribution in [0.4, 0.5) is 13.2 Å². The Morgan fingerprint density at radius 3 is 2.07 bits per heavy atom. The lowest BCUT2D eigenvalue weighted by Gasteiger charge is -2.19.